The van der Waals surface area contributed by atoms with Crippen LogP contribution in [0.5, 0.6) is 0 Å². The number of anilines is 1. The number of hydrogen-bond acceptors (Lipinski definition) is 5. The molecule has 0 aliphatic carbocycles. The van der Waals surface area contributed by atoms with Gasteiger partial charge in [0.1, 0.15) is 0 Å². The lowest BCUT2D eigenvalue weighted by atomic mass is 10.2. The number of nitrogens with zero attached hydrogens (tertiary/aromatic N) is 3. The molecule has 0 bridgehead atoms. The number of esters is 1. The van der Waals surface area contributed by atoms with Crippen molar-refractivity contribution in [1.29, 1.82) is 0 Å². The Labute approximate surface area is 115 Å². The van der Waals surface area contributed by atoms with Crippen LogP contribution in [0.15, 0.2) is 24.5 Å². The number of carbonyl (C=O) groups excluding carboxylic acids is 2. The van der Waals surface area contributed by atoms with Crippen LogP contribution in [0.1, 0.15) is 26.5 Å². The molecule has 1 amide bonds. The number of aryl methyl sites for hydroxylation is 1. The molecule has 2 aromatic heterocycles. The van der Waals surface area contributed by atoms with Crippen LogP contribution in [0.25, 0.3) is 0 Å². The molecule has 2 aromatic rings. The van der Waals surface area contributed by atoms with Gasteiger partial charge in [0.05, 0.1) is 18.5 Å². The Morgan fingerprint density at radius 2 is 1.95 bits per heavy atom. The molecule has 0 radical (unpaired) electrons. The summed E-state index contributed by atoms with van der Waals surface area (Å²) in [5.74, 6) is -0.938. The molecule has 0 aliphatic heterocycles. The maximum atomic E-state index is 12.1. The summed E-state index contributed by atoms with van der Waals surface area (Å²) in [5, 5.41) is 6.72. The fraction of sp³-hybridized carbons (Fsp3) is 0.231. The number of nitrogens with one attached hydrogen (secondary N) is 1. The van der Waals surface area contributed by atoms with Gasteiger partial charge in [0.15, 0.2) is 5.69 Å². The number of aromatic nitrogens is 3. The second kappa shape index (κ2) is 5.52. The van der Waals surface area contributed by atoms with Crippen LogP contribution in [-0.4, -0.2) is 33.8 Å². The van der Waals surface area contributed by atoms with Crippen LogP contribution in [0.3, 0.4) is 0 Å². The topological polar surface area (TPSA) is 86.1 Å². The molecule has 0 spiro atoms. The van der Waals surface area contributed by atoms with Gasteiger partial charge in [-0.05, 0) is 19.1 Å². The molecule has 0 aliphatic rings. The number of carbonyl (C=O) groups is 2. The molecule has 0 unspecified atom stereocenters. The van der Waals surface area contributed by atoms with Crippen molar-refractivity contribution in [1.82, 2.24) is 14.8 Å². The summed E-state index contributed by atoms with van der Waals surface area (Å²) >= 11 is 0. The Morgan fingerprint density at radius 1 is 1.30 bits per heavy atom. The summed E-state index contributed by atoms with van der Waals surface area (Å²) in [5.41, 5.74) is 1.53. The molecule has 1 N–H and O–H groups in total. The first-order valence-corrected chi connectivity index (χ1v) is 5.88. The van der Waals surface area contributed by atoms with Crippen molar-refractivity contribution in [2.75, 3.05) is 12.4 Å². The summed E-state index contributed by atoms with van der Waals surface area (Å²) < 4.78 is 6.16. The van der Waals surface area contributed by atoms with Crippen molar-refractivity contribution in [3.8, 4) is 0 Å². The third-order valence-corrected chi connectivity index (χ3v) is 2.89. The monoisotopic (exact) mass is 274 g/mol. The molecule has 7 nitrogen and oxygen atoms in total. The third kappa shape index (κ3) is 2.51. The van der Waals surface area contributed by atoms with E-state index in [4.69, 9.17) is 0 Å². The summed E-state index contributed by atoms with van der Waals surface area (Å²) in [6.45, 7) is 1.75. The van der Waals surface area contributed by atoms with Crippen LogP contribution in [0.2, 0.25) is 0 Å². The van der Waals surface area contributed by atoms with Crippen molar-refractivity contribution in [2.45, 2.75) is 6.92 Å². The van der Waals surface area contributed by atoms with E-state index in [1.54, 1.807) is 26.1 Å². The standard InChI is InChI=1S/C13H14N4O3/c1-8-10(11(13(19)20-3)16-17(8)2)15-12(18)9-4-6-14-7-5-9/h4-7H,1-3H3,(H,15,18). The van der Waals surface area contributed by atoms with Crippen LogP contribution >= 0.6 is 0 Å². The molecular weight excluding hydrogens is 260 g/mol. The summed E-state index contributed by atoms with van der Waals surface area (Å²) in [4.78, 5) is 27.6. The molecule has 0 fully saturated rings. The van der Waals surface area contributed by atoms with Gasteiger partial charge < -0.3 is 10.1 Å². The zero-order valence-corrected chi connectivity index (χ0v) is 11.4. The molecule has 104 valence electrons. The molecule has 2 heterocycles. The van der Waals surface area contributed by atoms with E-state index in [0.717, 1.165) is 0 Å². The minimum Gasteiger partial charge on any atom is -0.464 e. The number of rotatable bonds is 3. The van der Waals surface area contributed by atoms with Crippen molar-refractivity contribution in [3.05, 3.63) is 41.5 Å². The van der Waals surface area contributed by atoms with E-state index in [0.29, 0.717) is 16.9 Å². The van der Waals surface area contributed by atoms with Gasteiger partial charge in [0.25, 0.3) is 5.91 Å². The lowest BCUT2D eigenvalue weighted by Crippen LogP contribution is -2.15. The Bertz CT molecular complexity index is 649. The van der Waals surface area contributed by atoms with Gasteiger partial charge >= 0.3 is 5.97 Å². The second-order valence-electron chi connectivity index (χ2n) is 4.11. The molecule has 0 atom stereocenters. The van der Waals surface area contributed by atoms with E-state index in [-0.39, 0.29) is 11.6 Å². The van der Waals surface area contributed by atoms with E-state index >= 15 is 0 Å². The van der Waals surface area contributed by atoms with Gasteiger partial charge in [-0.3, -0.25) is 14.5 Å². The van der Waals surface area contributed by atoms with Crippen LogP contribution < -0.4 is 5.32 Å². The van der Waals surface area contributed by atoms with Crippen LogP contribution in [0, 0.1) is 6.92 Å². The largest absolute Gasteiger partial charge is 0.464 e. The predicted octanol–water partition coefficient (Wildman–Crippen LogP) is 1.16. The Balaban J connectivity index is 2.34. The third-order valence-electron chi connectivity index (χ3n) is 2.89. The fourth-order valence-corrected chi connectivity index (χ4v) is 1.69. The predicted molar refractivity (Wildman–Crippen MR) is 71.5 cm³/mol. The van der Waals surface area contributed by atoms with E-state index in [1.807, 2.05) is 0 Å². The highest BCUT2D eigenvalue weighted by molar-refractivity contribution is 6.07. The molecule has 0 saturated carbocycles. The maximum absolute atomic E-state index is 12.1. The van der Waals surface area contributed by atoms with Crippen molar-refractivity contribution in [3.63, 3.8) is 0 Å². The lowest BCUT2D eigenvalue weighted by molar-refractivity contribution is 0.0594. The van der Waals surface area contributed by atoms with E-state index < -0.39 is 5.97 Å². The first-order valence-electron chi connectivity index (χ1n) is 5.88. The smallest absolute Gasteiger partial charge is 0.360 e. The summed E-state index contributed by atoms with van der Waals surface area (Å²) in [6, 6.07) is 3.16. The summed E-state index contributed by atoms with van der Waals surface area (Å²) in [6.07, 6.45) is 3.04. The van der Waals surface area contributed by atoms with Crippen molar-refractivity contribution in [2.24, 2.45) is 7.05 Å². The average Bonchev–Trinajstić information content (AvgIpc) is 2.75. The number of ether oxygens (including phenoxy) is 1. The van der Waals surface area contributed by atoms with E-state index in [1.165, 1.54) is 24.2 Å². The second-order valence-corrected chi connectivity index (χ2v) is 4.11. The van der Waals surface area contributed by atoms with Gasteiger partial charge in [-0.15, -0.1) is 0 Å². The molecule has 2 rings (SSSR count). The van der Waals surface area contributed by atoms with E-state index in [9.17, 15) is 9.59 Å². The first kappa shape index (κ1) is 13.7. The van der Waals surface area contributed by atoms with Crippen LogP contribution in [-0.2, 0) is 11.8 Å². The summed E-state index contributed by atoms with van der Waals surface area (Å²) in [7, 11) is 2.95. The lowest BCUT2D eigenvalue weighted by Gasteiger charge is -2.06. The minimum absolute atomic E-state index is 0.0786. The zero-order chi connectivity index (χ0) is 14.7. The highest BCUT2D eigenvalue weighted by Crippen LogP contribution is 2.21. The Morgan fingerprint density at radius 3 is 2.55 bits per heavy atom. The average molecular weight is 274 g/mol. The van der Waals surface area contributed by atoms with Gasteiger partial charge in [0, 0.05) is 25.0 Å². The SMILES string of the molecule is COC(=O)c1nn(C)c(C)c1NC(=O)c1ccncc1. The molecule has 20 heavy (non-hydrogen) atoms. The maximum Gasteiger partial charge on any atom is 0.360 e. The zero-order valence-electron chi connectivity index (χ0n) is 11.4. The van der Waals surface area contributed by atoms with Gasteiger partial charge in [-0.2, -0.15) is 5.10 Å². The normalized spacial score (nSPS) is 10.2. The highest BCUT2D eigenvalue weighted by atomic mass is 16.5. The van der Waals surface area contributed by atoms with E-state index in [2.05, 4.69) is 20.1 Å². The molecule has 7 heteroatoms. The van der Waals surface area contributed by atoms with Gasteiger partial charge in [-0.25, -0.2) is 4.79 Å². The minimum atomic E-state index is -0.598. The highest BCUT2D eigenvalue weighted by Gasteiger charge is 2.22. The van der Waals surface area contributed by atoms with Gasteiger partial charge in [-0.1, -0.05) is 0 Å². The molecular formula is C13H14N4O3. The fourth-order valence-electron chi connectivity index (χ4n) is 1.69. The quantitative estimate of drug-likeness (QED) is 0.849. The number of amides is 1. The molecule has 0 saturated heterocycles. The number of pyridine rings is 1. The Hall–Kier alpha value is -2.70. The van der Waals surface area contributed by atoms with Crippen LogP contribution in [0.4, 0.5) is 5.69 Å². The number of methoxy groups -OCH3 is 1. The molecule has 0 aromatic carbocycles. The Kier molecular flexibility index (Phi) is 3.79. The first-order chi connectivity index (χ1) is 9.54. The number of hydrogen-bond donors (Lipinski definition) is 1. The van der Waals surface area contributed by atoms with Crippen molar-refractivity contribution < 1.29 is 14.3 Å². The van der Waals surface area contributed by atoms with Gasteiger partial charge in [0.2, 0.25) is 0 Å². The van der Waals surface area contributed by atoms with Crippen molar-refractivity contribution >= 4 is 17.6 Å².